The first-order valence-corrected chi connectivity index (χ1v) is 7.17. The Bertz CT molecular complexity index is 358. The molecule has 1 aliphatic rings. The van der Waals surface area contributed by atoms with Gasteiger partial charge in [0.2, 0.25) is 0 Å². The van der Waals surface area contributed by atoms with Crippen molar-refractivity contribution in [2.45, 2.75) is 52.2 Å². The summed E-state index contributed by atoms with van der Waals surface area (Å²) in [7, 11) is 0. The molecule has 0 spiro atoms. The van der Waals surface area contributed by atoms with Crippen LogP contribution in [0.15, 0.2) is 12.5 Å². The average Bonchev–Trinajstić information content (AvgIpc) is 2.97. The lowest BCUT2D eigenvalue weighted by Gasteiger charge is -2.23. The molecular formula is C14H26N4. The highest BCUT2D eigenvalue weighted by atomic mass is 15.2. The van der Waals surface area contributed by atoms with E-state index in [1.165, 1.54) is 31.6 Å². The van der Waals surface area contributed by atoms with Gasteiger partial charge >= 0.3 is 0 Å². The maximum absolute atomic E-state index is 4.24. The molecule has 1 atom stereocenters. The monoisotopic (exact) mass is 250 g/mol. The normalized spacial score (nSPS) is 21.0. The molecule has 4 nitrogen and oxygen atoms in total. The summed E-state index contributed by atoms with van der Waals surface area (Å²) in [6.45, 7) is 11.1. The van der Waals surface area contributed by atoms with Gasteiger partial charge in [-0.25, -0.2) is 4.98 Å². The lowest BCUT2D eigenvalue weighted by Crippen LogP contribution is -2.37. The molecule has 0 aliphatic carbocycles. The number of nitrogens with one attached hydrogen (secondary N) is 1. The number of imidazole rings is 1. The van der Waals surface area contributed by atoms with Gasteiger partial charge in [-0.1, -0.05) is 6.92 Å². The molecule has 1 aromatic heterocycles. The number of likely N-dealkylation sites (tertiary alicyclic amines) is 1. The van der Waals surface area contributed by atoms with E-state index >= 15 is 0 Å². The molecule has 1 aliphatic heterocycles. The Kier molecular flexibility index (Phi) is 4.78. The van der Waals surface area contributed by atoms with Crippen molar-refractivity contribution in [1.82, 2.24) is 19.8 Å². The summed E-state index contributed by atoms with van der Waals surface area (Å²) in [5, 5.41) is 3.59. The minimum atomic E-state index is 0.489. The molecule has 1 saturated heterocycles. The van der Waals surface area contributed by atoms with Crippen LogP contribution >= 0.6 is 0 Å². The molecule has 4 heteroatoms. The molecule has 18 heavy (non-hydrogen) atoms. The summed E-state index contributed by atoms with van der Waals surface area (Å²) < 4.78 is 2.24. The number of rotatable bonds is 6. The van der Waals surface area contributed by atoms with E-state index in [1.807, 2.05) is 12.5 Å². The van der Waals surface area contributed by atoms with Gasteiger partial charge in [-0.2, -0.15) is 0 Å². The van der Waals surface area contributed by atoms with E-state index in [-0.39, 0.29) is 0 Å². The highest BCUT2D eigenvalue weighted by Gasteiger charge is 2.22. The Balaban J connectivity index is 1.79. The number of hydrogen-bond donors (Lipinski definition) is 1. The summed E-state index contributed by atoms with van der Waals surface area (Å²) in [6, 6.07) is 1.22. The first-order chi connectivity index (χ1) is 8.72. The van der Waals surface area contributed by atoms with Gasteiger partial charge in [0, 0.05) is 31.4 Å². The van der Waals surface area contributed by atoms with Gasteiger partial charge in [-0.05, 0) is 39.8 Å². The van der Waals surface area contributed by atoms with Gasteiger partial charge < -0.3 is 9.88 Å². The minimum absolute atomic E-state index is 0.489. The van der Waals surface area contributed by atoms with E-state index in [1.54, 1.807) is 0 Å². The van der Waals surface area contributed by atoms with Crippen LogP contribution in [0.2, 0.25) is 0 Å². The van der Waals surface area contributed by atoms with Crippen LogP contribution in [0.4, 0.5) is 0 Å². The van der Waals surface area contributed by atoms with Crippen molar-refractivity contribution in [2.75, 3.05) is 19.6 Å². The van der Waals surface area contributed by atoms with Crippen LogP contribution in [0.1, 0.15) is 45.3 Å². The molecule has 0 bridgehead atoms. The standard InChI is InChI=1S/C14H26N4/c1-4-17-7-5-6-13(17)8-15-9-14-10-16-11-18(14)12(2)3/h10-13,15H,4-9H2,1-3H3. The second kappa shape index (κ2) is 6.34. The first kappa shape index (κ1) is 13.6. The summed E-state index contributed by atoms with van der Waals surface area (Å²) >= 11 is 0. The topological polar surface area (TPSA) is 33.1 Å². The van der Waals surface area contributed by atoms with Crippen LogP contribution in [0.25, 0.3) is 0 Å². The maximum Gasteiger partial charge on any atom is 0.0951 e. The third-order valence-corrected chi connectivity index (χ3v) is 3.89. The molecule has 0 amide bonds. The lowest BCUT2D eigenvalue weighted by molar-refractivity contribution is 0.259. The second-order valence-corrected chi connectivity index (χ2v) is 5.44. The lowest BCUT2D eigenvalue weighted by atomic mass is 10.2. The van der Waals surface area contributed by atoms with E-state index in [0.717, 1.165) is 19.1 Å². The minimum Gasteiger partial charge on any atom is -0.331 e. The van der Waals surface area contributed by atoms with Crippen LogP contribution in [-0.4, -0.2) is 40.1 Å². The molecule has 0 aromatic carbocycles. The van der Waals surface area contributed by atoms with E-state index in [4.69, 9.17) is 0 Å². The fourth-order valence-electron chi connectivity index (χ4n) is 2.84. The highest BCUT2D eigenvalue weighted by Crippen LogP contribution is 2.16. The molecular weight excluding hydrogens is 224 g/mol. The van der Waals surface area contributed by atoms with E-state index in [0.29, 0.717) is 6.04 Å². The molecule has 1 aromatic rings. The van der Waals surface area contributed by atoms with Gasteiger partial charge in [-0.15, -0.1) is 0 Å². The first-order valence-electron chi connectivity index (χ1n) is 7.17. The fraction of sp³-hybridized carbons (Fsp3) is 0.786. The van der Waals surface area contributed by atoms with Gasteiger partial charge in [0.25, 0.3) is 0 Å². The van der Waals surface area contributed by atoms with Crippen LogP contribution in [0.3, 0.4) is 0 Å². The van der Waals surface area contributed by atoms with Crippen molar-refractivity contribution in [3.63, 3.8) is 0 Å². The quantitative estimate of drug-likeness (QED) is 0.838. The molecule has 1 fully saturated rings. The van der Waals surface area contributed by atoms with Gasteiger partial charge in [0.1, 0.15) is 0 Å². The van der Waals surface area contributed by atoms with Crippen molar-refractivity contribution >= 4 is 0 Å². The summed E-state index contributed by atoms with van der Waals surface area (Å²) in [5.41, 5.74) is 1.28. The van der Waals surface area contributed by atoms with Crippen LogP contribution in [0, 0.1) is 0 Å². The van der Waals surface area contributed by atoms with Crippen molar-refractivity contribution in [1.29, 1.82) is 0 Å². The summed E-state index contributed by atoms with van der Waals surface area (Å²) in [5.74, 6) is 0. The van der Waals surface area contributed by atoms with Crippen LogP contribution in [0.5, 0.6) is 0 Å². The van der Waals surface area contributed by atoms with Gasteiger partial charge in [0.15, 0.2) is 0 Å². The molecule has 0 saturated carbocycles. The van der Waals surface area contributed by atoms with Crippen molar-refractivity contribution in [2.24, 2.45) is 0 Å². The molecule has 2 rings (SSSR count). The van der Waals surface area contributed by atoms with Crippen LogP contribution < -0.4 is 5.32 Å². The second-order valence-electron chi connectivity index (χ2n) is 5.44. The SMILES string of the molecule is CCN1CCCC1CNCc1cncn1C(C)C. The molecule has 1 unspecified atom stereocenters. The Morgan fingerprint density at radius 1 is 1.50 bits per heavy atom. The fourth-order valence-corrected chi connectivity index (χ4v) is 2.84. The zero-order valence-corrected chi connectivity index (χ0v) is 11.9. The number of hydrogen-bond acceptors (Lipinski definition) is 3. The molecule has 102 valence electrons. The van der Waals surface area contributed by atoms with E-state index in [2.05, 4.69) is 40.5 Å². The number of nitrogens with zero attached hydrogens (tertiary/aromatic N) is 3. The highest BCUT2D eigenvalue weighted by molar-refractivity contribution is 4.99. The van der Waals surface area contributed by atoms with Gasteiger partial charge in [0.05, 0.1) is 12.0 Å². The number of likely N-dealkylation sites (N-methyl/N-ethyl adjacent to an activating group) is 1. The van der Waals surface area contributed by atoms with E-state index in [9.17, 15) is 0 Å². The van der Waals surface area contributed by atoms with Crippen molar-refractivity contribution in [3.8, 4) is 0 Å². The predicted molar refractivity (Wildman–Crippen MR) is 74.6 cm³/mol. The van der Waals surface area contributed by atoms with Crippen molar-refractivity contribution in [3.05, 3.63) is 18.2 Å². The summed E-state index contributed by atoms with van der Waals surface area (Å²) in [4.78, 5) is 6.81. The third kappa shape index (κ3) is 3.12. The van der Waals surface area contributed by atoms with Crippen LogP contribution in [-0.2, 0) is 6.54 Å². The third-order valence-electron chi connectivity index (χ3n) is 3.89. The predicted octanol–water partition coefficient (Wildman–Crippen LogP) is 2.04. The average molecular weight is 250 g/mol. The van der Waals surface area contributed by atoms with Crippen molar-refractivity contribution < 1.29 is 0 Å². The Labute approximate surface area is 110 Å². The largest absolute Gasteiger partial charge is 0.331 e. The Morgan fingerprint density at radius 2 is 2.33 bits per heavy atom. The zero-order chi connectivity index (χ0) is 13.0. The molecule has 2 heterocycles. The Morgan fingerprint density at radius 3 is 3.06 bits per heavy atom. The smallest absolute Gasteiger partial charge is 0.0951 e. The van der Waals surface area contributed by atoms with Gasteiger partial charge in [-0.3, -0.25) is 4.90 Å². The number of aromatic nitrogens is 2. The molecule has 1 N–H and O–H groups in total. The maximum atomic E-state index is 4.24. The van der Waals surface area contributed by atoms with E-state index < -0.39 is 0 Å². The Hall–Kier alpha value is -0.870. The zero-order valence-electron chi connectivity index (χ0n) is 11.9. The summed E-state index contributed by atoms with van der Waals surface area (Å²) in [6.07, 6.45) is 6.59. The molecule has 0 radical (unpaired) electrons.